The quantitative estimate of drug-likeness (QED) is 0.674. The number of halogens is 2. The van der Waals surface area contributed by atoms with Gasteiger partial charge in [0.1, 0.15) is 18.2 Å². The van der Waals surface area contributed by atoms with E-state index in [0.717, 1.165) is 0 Å². The van der Waals surface area contributed by atoms with Crippen molar-refractivity contribution in [2.24, 2.45) is 0 Å². The van der Waals surface area contributed by atoms with Crippen molar-refractivity contribution in [1.82, 2.24) is 0 Å². The van der Waals surface area contributed by atoms with Gasteiger partial charge in [-0.15, -0.1) is 0 Å². The molecule has 4 nitrogen and oxygen atoms in total. The molecule has 0 aromatic heterocycles. The number of esters is 1. The molecule has 0 saturated carbocycles. The zero-order valence-electron chi connectivity index (χ0n) is 11.2. The van der Waals surface area contributed by atoms with Crippen molar-refractivity contribution in [3.05, 3.63) is 57.8 Å². The second-order valence-electron chi connectivity index (χ2n) is 4.27. The van der Waals surface area contributed by atoms with Gasteiger partial charge in [-0.3, -0.25) is 0 Å². The molecule has 21 heavy (non-hydrogen) atoms. The van der Waals surface area contributed by atoms with Crippen LogP contribution in [-0.2, 0) is 11.3 Å². The van der Waals surface area contributed by atoms with Gasteiger partial charge in [-0.1, -0.05) is 0 Å². The van der Waals surface area contributed by atoms with Gasteiger partial charge in [0.05, 0.1) is 17.1 Å². The van der Waals surface area contributed by atoms with Crippen LogP contribution in [0.2, 0.25) is 0 Å². The van der Waals surface area contributed by atoms with Crippen LogP contribution in [0.5, 0.6) is 5.75 Å². The van der Waals surface area contributed by atoms with Gasteiger partial charge in [-0.2, -0.15) is 0 Å². The maximum absolute atomic E-state index is 13.2. The fraction of sp³-hybridized carbons (Fsp3) is 0.133. The summed E-state index contributed by atoms with van der Waals surface area (Å²) in [7, 11) is 1.30. The Morgan fingerprint density at radius 2 is 2.05 bits per heavy atom. The van der Waals surface area contributed by atoms with Crippen molar-refractivity contribution in [2.75, 3.05) is 12.8 Å². The van der Waals surface area contributed by atoms with Crippen LogP contribution in [0.3, 0.4) is 0 Å². The van der Waals surface area contributed by atoms with Crippen LogP contribution in [0.4, 0.5) is 10.1 Å². The standard InChI is InChI=1S/C15H13BrFNO3/c1-20-15(19)9-2-4-12(16)14(7-9)21-8-10-6-11(17)3-5-13(10)18/h2-7H,8,18H2,1H3. The Labute approximate surface area is 129 Å². The van der Waals surface area contributed by atoms with Gasteiger partial charge < -0.3 is 15.2 Å². The third-order valence-electron chi connectivity index (χ3n) is 2.84. The SMILES string of the molecule is COC(=O)c1ccc(Br)c(OCc2cc(F)ccc2N)c1. The van der Waals surface area contributed by atoms with Gasteiger partial charge in [0.25, 0.3) is 0 Å². The monoisotopic (exact) mass is 353 g/mol. The van der Waals surface area contributed by atoms with Crippen LogP contribution in [0.15, 0.2) is 40.9 Å². The van der Waals surface area contributed by atoms with Crippen LogP contribution >= 0.6 is 15.9 Å². The molecule has 2 aromatic carbocycles. The number of carbonyl (C=O) groups is 1. The van der Waals surface area contributed by atoms with E-state index in [1.807, 2.05) is 0 Å². The first kappa shape index (κ1) is 15.3. The first-order chi connectivity index (χ1) is 10.0. The smallest absolute Gasteiger partial charge is 0.337 e. The van der Waals surface area contributed by atoms with Gasteiger partial charge in [0.15, 0.2) is 0 Å². The number of anilines is 1. The van der Waals surface area contributed by atoms with Crippen LogP contribution in [0.25, 0.3) is 0 Å². The number of benzene rings is 2. The van der Waals surface area contributed by atoms with Crippen LogP contribution < -0.4 is 10.5 Å². The Hall–Kier alpha value is -2.08. The summed E-state index contributed by atoms with van der Waals surface area (Å²) in [6, 6.07) is 8.91. The van der Waals surface area contributed by atoms with Crippen molar-refractivity contribution < 1.29 is 18.7 Å². The summed E-state index contributed by atoms with van der Waals surface area (Å²) in [6.07, 6.45) is 0. The highest BCUT2D eigenvalue weighted by Gasteiger charge is 2.10. The number of ether oxygens (including phenoxy) is 2. The first-order valence-corrected chi connectivity index (χ1v) is 6.85. The fourth-order valence-corrected chi connectivity index (χ4v) is 2.07. The molecule has 0 fully saturated rings. The average molecular weight is 354 g/mol. The first-order valence-electron chi connectivity index (χ1n) is 6.06. The van der Waals surface area contributed by atoms with E-state index in [1.165, 1.54) is 25.3 Å². The lowest BCUT2D eigenvalue weighted by Crippen LogP contribution is -2.04. The molecule has 0 aliphatic rings. The summed E-state index contributed by atoms with van der Waals surface area (Å²) in [5.74, 6) is -0.399. The van der Waals surface area contributed by atoms with E-state index in [9.17, 15) is 9.18 Å². The highest BCUT2D eigenvalue weighted by molar-refractivity contribution is 9.10. The summed E-state index contributed by atoms with van der Waals surface area (Å²) in [5.41, 5.74) is 7.10. The largest absolute Gasteiger partial charge is 0.488 e. The molecule has 6 heteroatoms. The average Bonchev–Trinajstić information content (AvgIpc) is 2.48. The second-order valence-corrected chi connectivity index (χ2v) is 5.12. The summed E-state index contributed by atoms with van der Waals surface area (Å²) in [5, 5.41) is 0. The number of methoxy groups -OCH3 is 1. The topological polar surface area (TPSA) is 61.5 Å². The second kappa shape index (κ2) is 6.58. The number of nitrogens with two attached hydrogens (primary N) is 1. The maximum atomic E-state index is 13.2. The fourth-order valence-electron chi connectivity index (χ4n) is 1.71. The molecule has 0 spiro atoms. The molecule has 0 amide bonds. The number of hydrogen-bond acceptors (Lipinski definition) is 4. The molecular formula is C15H13BrFNO3. The summed E-state index contributed by atoms with van der Waals surface area (Å²) in [4.78, 5) is 11.5. The van der Waals surface area contributed by atoms with E-state index < -0.39 is 5.97 Å². The number of rotatable bonds is 4. The maximum Gasteiger partial charge on any atom is 0.337 e. The Balaban J connectivity index is 2.19. The highest BCUT2D eigenvalue weighted by Crippen LogP contribution is 2.28. The predicted molar refractivity (Wildman–Crippen MR) is 80.6 cm³/mol. The Bertz CT molecular complexity index is 676. The molecule has 2 N–H and O–H groups in total. The molecule has 0 aliphatic heterocycles. The third-order valence-corrected chi connectivity index (χ3v) is 3.50. The summed E-state index contributed by atoms with van der Waals surface area (Å²) >= 11 is 3.33. The van der Waals surface area contributed by atoms with E-state index in [4.69, 9.17) is 10.5 Å². The van der Waals surface area contributed by atoms with Crippen molar-refractivity contribution in [1.29, 1.82) is 0 Å². The van der Waals surface area contributed by atoms with Gasteiger partial charge >= 0.3 is 5.97 Å². The van der Waals surface area contributed by atoms with Crippen LogP contribution in [0, 0.1) is 5.82 Å². The zero-order valence-corrected chi connectivity index (χ0v) is 12.8. The lowest BCUT2D eigenvalue weighted by atomic mass is 10.2. The molecular weight excluding hydrogens is 341 g/mol. The summed E-state index contributed by atoms with van der Waals surface area (Å²) < 4.78 is 24.1. The molecule has 0 bridgehead atoms. The van der Waals surface area contributed by atoms with Gasteiger partial charge in [-0.05, 0) is 52.3 Å². The Morgan fingerprint density at radius 3 is 2.76 bits per heavy atom. The minimum atomic E-state index is -0.461. The van der Waals surface area contributed by atoms with Crippen molar-refractivity contribution >= 4 is 27.6 Å². The van der Waals surface area contributed by atoms with Crippen LogP contribution in [0.1, 0.15) is 15.9 Å². The Morgan fingerprint density at radius 1 is 1.29 bits per heavy atom. The molecule has 2 aromatic rings. The predicted octanol–water partition coefficient (Wildman–Crippen LogP) is 3.54. The van der Waals surface area contributed by atoms with E-state index in [1.54, 1.807) is 18.2 Å². The van der Waals surface area contributed by atoms with E-state index >= 15 is 0 Å². The molecule has 0 atom stereocenters. The van der Waals surface area contributed by atoms with Crippen molar-refractivity contribution in [3.8, 4) is 5.75 Å². The highest BCUT2D eigenvalue weighted by atomic mass is 79.9. The molecule has 0 saturated heterocycles. The molecule has 110 valence electrons. The molecule has 0 heterocycles. The van der Waals surface area contributed by atoms with E-state index in [-0.39, 0.29) is 12.4 Å². The number of nitrogen functional groups attached to an aromatic ring is 1. The van der Waals surface area contributed by atoms with E-state index in [2.05, 4.69) is 20.7 Å². The minimum absolute atomic E-state index is 0.0901. The number of hydrogen-bond donors (Lipinski definition) is 1. The molecule has 0 aliphatic carbocycles. The number of carbonyl (C=O) groups excluding carboxylic acids is 1. The van der Waals surface area contributed by atoms with Gasteiger partial charge in [0.2, 0.25) is 0 Å². The van der Waals surface area contributed by atoms with Crippen molar-refractivity contribution in [3.63, 3.8) is 0 Å². The zero-order chi connectivity index (χ0) is 15.4. The normalized spacial score (nSPS) is 10.2. The minimum Gasteiger partial charge on any atom is -0.488 e. The Kier molecular flexibility index (Phi) is 4.80. The third kappa shape index (κ3) is 3.72. The van der Waals surface area contributed by atoms with Crippen LogP contribution in [-0.4, -0.2) is 13.1 Å². The molecule has 0 radical (unpaired) electrons. The lowest BCUT2D eigenvalue weighted by molar-refractivity contribution is 0.0600. The molecule has 0 unspecified atom stereocenters. The van der Waals surface area contributed by atoms with E-state index in [0.29, 0.717) is 27.0 Å². The van der Waals surface area contributed by atoms with Gasteiger partial charge in [-0.25, -0.2) is 9.18 Å². The lowest BCUT2D eigenvalue weighted by Gasteiger charge is -2.11. The van der Waals surface area contributed by atoms with Crippen molar-refractivity contribution in [2.45, 2.75) is 6.61 Å². The summed E-state index contributed by atoms with van der Waals surface area (Å²) in [6.45, 7) is 0.0901. The van der Waals surface area contributed by atoms with Gasteiger partial charge in [0, 0.05) is 11.3 Å². The molecule has 2 rings (SSSR count).